The van der Waals surface area contributed by atoms with Crippen molar-refractivity contribution in [1.29, 1.82) is 0 Å². The number of esters is 1. The molecule has 0 aliphatic heterocycles. The molecule has 0 saturated carbocycles. The Morgan fingerprint density at radius 2 is 1.19 bits per heavy atom. The Balaban J connectivity index is 0.000000545. The van der Waals surface area contributed by atoms with Crippen LogP contribution in [0.15, 0.2) is 73.2 Å². The highest BCUT2D eigenvalue weighted by atomic mass is 16.7. The van der Waals surface area contributed by atoms with Crippen molar-refractivity contribution in [2.45, 2.75) is 33.5 Å². The minimum Gasteiger partial charge on any atom is -0.408 e. The fourth-order valence-electron chi connectivity index (χ4n) is 2.28. The van der Waals surface area contributed by atoms with Crippen molar-refractivity contribution in [2.24, 2.45) is 5.73 Å². The first-order chi connectivity index (χ1) is 17.5. The average molecular weight is 502 g/mol. The number of carbonyl (C=O) groups excluding carboxylic acids is 2. The van der Waals surface area contributed by atoms with E-state index in [1.165, 1.54) is 19.3 Å². The van der Waals surface area contributed by atoms with Crippen LogP contribution in [0, 0.1) is 0 Å². The third kappa shape index (κ3) is 15.1. The molecule has 0 aromatic carbocycles. The smallest absolute Gasteiger partial charge is 0.408 e. The molecule has 194 valence electrons. The van der Waals surface area contributed by atoms with Gasteiger partial charge in [0.25, 0.3) is 0 Å². The van der Waals surface area contributed by atoms with E-state index in [1.807, 2.05) is 13.8 Å². The molecule has 3 aromatic rings. The molecule has 0 bridgehead atoms. The third-order valence-corrected chi connectivity index (χ3v) is 3.64. The Kier molecular flexibility index (Phi) is 16.2. The monoisotopic (exact) mass is 501 g/mol. The second-order valence-electron chi connectivity index (χ2n) is 6.47. The molecule has 36 heavy (non-hydrogen) atoms. The van der Waals surface area contributed by atoms with E-state index in [2.05, 4.69) is 19.7 Å². The van der Waals surface area contributed by atoms with E-state index >= 15 is 0 Å². The van der Waals surface area contributed by atoms with Gasteiger partial charge in [0.05, 0.1) is 0 Å². The Morgan fingerprint density at radius 1 is 0.778 bits per heavy atom. The lowest BCUT2D eigenvalue weighted by Gasteiger charge is -2.15. The number of aromatic nitrogens is 3. The molecule has 3 heterocycles. The predicted octanol–water partition coefficient (Wildman–Crippen LogP) is 3.91. The van der Waals surface area contributed by atoms with Gasteiger partial charge in [-0.05, 0) is 38.6 Å². The molecule has 0 spiro atoms. The maximum absolute atomic E-state index is 11.3. The second kappa shape index (κ2) is 19.4. The van der Waals surface area contributed by atoms with Crippen molar-refractivity contribution in [3.05, 3.63) is 73.2 Å². The van der Waals surface area contributed by atoms with Crippen molar-refractivity contribution in [2.75, 3.05) is 19.8 Å². The zero-order valence-corrected chi connectivity index (χ0v) is 20.6. The molecule has 0 saturated heterocycles. The number of hydrogen-bond acceptors (Lipinski definition) is 11. The fraction of sp³-hybridized carbons (Fsp3) is 0.320. The van der Waals surface area contributed by atoms with Gasteiger partial charge in [-0.1, -0.05) is 18.2 Å². The summed E-state index contributed by atoms with van der Waals surface area (Å²) >= 11 is 0. The molecule has 0 amide bonds. The van der Waals surface area contributed by atoms with Gasteiger partial charge in [0.2, 0.25) is 17.6 Å². The predicted molar refractivity (Wildman–Crippen MR) is 132 cm³/mol. The van der Waals surface area contributed by atoms with Crippen molar-refractivity contribution in [1.82, 2.24) is 15.0 Å². The minimum atomic E-state index is -0.864. The van der Waals surface area contributed by atoms with Crippen LogP contribution in [0.3, 0.4) is 0 Å². The SMILES string of the molecule is CC(=O)Oc1ccccn1.CCOC(CCN)OCC.O=C(Oc1ccccn1)Oc1ccccn1.[H+]. The number of rotatable bonds is 9. The summed E-state index contributed by atoms with van der Waals surface area (Å²) in [5.41, 5.74) is 5.33. The summed E-state index contributed by atoms with van der Waals surface area (Å²) in [5.74, 6) is 0.362. The summed E-state index contributed by atoms with van der Waals surface area (Å²) in [7, 11) is 0. The number of pyridine rings is 3. The molecule has 3 rings (SSSR count). The van der Waals surface area contributed by atoms with Crippen molar-refractivity contribution in [3.8, 4) is 17.6 Å². The zero-order chi connectivity index (χ0) is 26.4. The minimum absolute atomic E-state index is 0. The fourth-order valence-corrected chi connectivity index (χ4v) is 2.28. The highest BCUT2D eigenvalue weighted by Gasteiger charge is 2.08. The Bertz CT molecular complexity index is 913. The molecule has 0 aliphatic rings. The van der Waals surface area contributed by atoms with E-state index in [0.29, 0.717) is 25.6 Å². The lowest BCUT2D eigenvalue weighted by molar-refractivity contribution is -0.137. The summed E-state index contributed by atoms with van der Waals surface area (Å²) in [6.45, 7) is 7.22. The van der Waals surface area contributed by atoms with Crippen molar-refractivity contribution in [3.63, 3.8) is 0 Å². The molecule has 11 heteroatoms. The van der Waals surface area contributed by atoms with Crippen LogP contribution in [0.1, 0.15) is 28.6 Å². The van der Waals surface area contributed by atoms with Crippen LogP contribution in [0.5, 0.6) is 17.6 Å². The van der Waals surface area contributed by atoms with Gasteiger partial charge in [-0.2, -0.15) is 0 Å². The van der Waals surface area contributed by atoms with E-state index in [9.17, 15) is 9.59 Å². The first-order valence-corrected chi connectivity index (χ1v) is 11.2. The van der Waals surface area contributed by atoms with Gasteiger partial charge < -0.3 is 29.4 Å². The summed E-state index contributed by atoms with van der Waals surface area (Å²) < 4.78 is 24.7. The highest BCUT2D eigenvalue weighted by molar-refractivity contribution is 5.68. The summed E-state index contributed by atoms with van der Waals surface area (Å²) in [4.78, 5) is 33.0. The second-order valence-corrected chi connectivity index (χ2v) is 6.47. The molecule has 0 fully saturated rings. The van der Waals surface area contributed by atoms with E-state index in [-0.39, 0.29) is 25.4 Å². The summed E-state index contributed by atoms with van der Waals surface area (Å²) in [5, 5.41) is 0. The molecular formula is C25H33N4O7+. The van der Waals surface area contributed by atoms with Gasteiger partial charge in [-0.3, -0.25) is 4.79 Å². The number of nitrogens with zero attached hydrogens (tertiary/aromatic N) is 3. The molecule has 3 aromatic heterocycles. The summed E-state index contributed by atoms with van der Waals surface area (Å²) in [6, 6.07) is 15.1. The van der Waals surface area contributed by atoms with Crippen LogP contribution in [-0.4, -0.2) is 53.1 Å². The van der Waals surface area contributed by atoms with Crippen molar-refractivity contribution < 1.29 is 34.7 Å². The van der Waals surface area contributed by atoms with Gasteiger partial charge in [0.1, 0.15) is 0 Å². The van der Waals surface area contributed by atoms with Gasteiger partial charge in [0, 0.05) is 63.3 Å². The standard InChI is InChI=1S/C11H8N2O3.C7H7NO2.C7H17NO2/c14-11(15-9-5-1-3-7-12-9)16-10-6-2-4-8-13-10;1-6(9)10-7-4-2-3-5-8-7;1-3-9-7(5-6-8)10-4-2/h1-8H;2-5H,1H3;7H,3-6,8H2,1-2H3/p+1. The van der Waals surface area contributed by atoms with E-state index in [4.69, 9.17) is 24.7 Å². The highest BCUT2D eigenvalue weighted by Crippen LogP contribution is 2.08. The van der Waals surface area contributed by atoms with Crippen LogP contribution in [0.25, 0.3) is 0 Å². The Hall–Kier alpha value is -3.93. The van der Waals surface area contributed by atoms with Gasteiger partial charge in [0.15, 0.2) is 6.29 Å². The van der Waals surface area contributed by atoms with Crippen LogP contribution in [0.4, 0.5) is 4.79 Å². The van der Waals surface area contributed by atoms with Gasteiger partial charge in [-0.15, -0.1) is 0 Å². The third-order valence-electron chi connectivity index (χ3n) is 3.64. The quantitative estimate of drug-likeness (QED) is 0.336. The van der Waals surface area contributed by atoms with E-state index < -0.39 is 6.16 Å². The molecule has 0 unspecified atom stereocenters. The van der Waals surface area contributed by atoms with Crippen LogP contribution < -0.4 is 19.9 Å². The van der Waals surface area contributed by atoms with E-state index in [0.717, 1.165) is 6.42 Å². The molecule has 11 nitrogen and oxygen atoms in total. The summed E-state index contributed by atoms with van der Waals surface area (Å²) in [6.07, 6.45) is 4.42. The van der Waals surface area contributed by atoms with Gasteiger partial charge >= 0.3 is 13.6 Å². The topological polar surface area (TPSA) is 145 Å². The number of hydrogen-bond donors (Lipinski definition) is 1. The number of carbonyl (C=O) groups is 2. The molecule has 0 aliphatic carbocycles. The normalized spacial score (nSPS) is 9.69. The zero-order valence-electron chi connectivity index (χ0n) is 21.6. The first kappa shape index (κ1) is 30.1. The number of ether oxygens (including phenoxy) is 5. The molecule has 2 N–H and O–H groups in total. The number of nitrogens with two attached hydrogens (primary N) is 1. The lowest BCUT2D eigenvalue weighted by Crippen LogP contribution is -2.21. The van der Waals surface area contributed by atoms with Gasteiger partial charge in [-0.25, -0.2) is 19.7 Å². The van der Waals surface area contributed by atoms with Crippen molar-refractivity contribution >= 4 is 12.1 Å². The molecular weight excluding hydrogens is 468 g/mol. The van der Waals surface area contributed by atoms with Crippen LogP contribution >= 0.6 is 0 Å². The largest absolute Gasteiger partial charge is 1.00 e. The maximum Gasteiger partial charge on any atom is 1.00 e. The Labute approximate surface area is 212 Å². The lowest BCUT2D eigenvalue weighted by atomic mass is 10.4. The molecule has 0 radical (unpaired) electrons. The van der Waals surface area contributed by atoms with E-state index in [1.54, 1.807) is 60.8 Å². The average Bonchev–Trinajstić information content (AvgIpc) is 2.87. The Morgan fingerprint density at radius 3 is 1.50 bits per heavy atom. The van der Waals surface area contributed by atoms with Crippen LogP contribution in [0.2, 0.25) is 0 Å². The maximum atomic E-state index is 11.3. The van der Waals surface area contributed by atoms with Crippen LogP contribution in [-0.2, 0) is 14.3 Å². The first-order valence-electron chi connectivity index (χ1n) is 11.2. The molecule has 0 atom stereocenters.